The van der Waals surface area contributed by atoms with Crippen LogP contribution in [-0.2, 0) is 14.8 Å². The van der Waals surface area contributed by atoms with E-state index in [2.05, 4.69) is 5.32 Å². The molecule has 0 aromatic heterocycles. The van der Waals surface area contributed by atoms with Crippen molar-refractivity contribution in [2.75, 3.05) is 17.1 Å². The number of carbonyl (C=O) groups excluding carboxylic acids is 1. The molecule has 162 valence electrons. The zero-order chi connectivity index (χ0) is 22.6. The van der Waals surface area contributed by atoms with Crippen molar-refractivity contribution in [3.63, 3.8) is 0 Å². The molecule has 0 aliphatic rings. The standard InChI is InChI=1S/C24H25ClN2O3S/c1-17-8-7-11-20(14-17)24(19-9-5-4-6-10-19)26-23(28)16-27(31(3,29)30)21-13-12-18(2)22(25)15-21/h4-15,24H,16H2,1-3H3,(H,26,28). The van der Waals surface area contributed by atoms with Crippen LogP contribution in [0.5, 0.6) is 0 Å². The molecule has 1 unspecified atom stereocenters. The first-order valence-electron chi connectivity index (χ1n) is 9.80. The highest BCUT2D eigenvalue weighted by atomic mass is 35.5. The van der Waals surface area contributed by atoms with Gasteiger partial charge in [-0.15, -0.1) is 0 Å². The molecule has 0 aliphatic heterocycles. The molecule has 0 aliphatic carbocycles. The molecule has 3 aromatic rings. The molecule has 5 nitrogen and oxygen atoms in total. The van der Waals surface area contributed by atoms with E-state index in [0.717, 1.165) is 32.8 Å². The predicted molar refractivity (Wildman–Crippen MR) is 126 cm³/mol. The van der Waals surface area contributed by atoms with E-state index < -0.39 is 22.0 Å². The predicted octanol–water partition coefficient (Wildman–Crippen LogP) is 4.63. The number of hydrogen-bond donors (Lipinski definition) is 1. The van der Waals surface area contributed by atoms with Crippen LogP contribution in [0, 0.1) is 13.8 Å². The van der Waals surface area contributed by atoms with Crippen molar-refractivity contribution in [1.29, 1.82) is 0 Å². The van der Waals surface area contributed by atoms with Gasteiger partial charge in [-0.2, -0.15) is 0 Å². The first kappa shape index (κ1) is 22.8. The molecular weight excluding hydrogens is 432 g/mol. The number of amides is 1. The molecule has 0 saturated heterocycles. The summed E-state index contributed by atoms with van der Waals surface area (Å²) in [6.07, 6.45) is 1.07. The van der Waals surface area contributed by atoms with Gasteiger partial charge in [-0.25, -0.2) is 8.42 Å². The Hall–Kier alpha value is -2.83. The fourth-order valence-corrected chi connectivity index (χ4v) is 4.35. The topological polar surface area (TPSA) is 66.5 Å². The Morgan fingerprint density at radius 3 is 2.26 bits per heavy atom. The Balaban J connectivity index is 1.90. The van der Waals surface area contributed by atoms with E-state index in [1.807, 2.05) is 68.4 Å². The van der Waals surface area contributed by atoms with Crippen LogP contribution in [-0.4, -0.2) is 27.1 Å². The summed E-state index contributed by atoms with van der Waals surface area (Å²) in [6.45, 7) is 3.46. The quantitative estimate of drug-likeness (QED) is 0.563. The summed E-state index contributed by atoms with van der Waals surface area (Å²) < 4.78 is 25.9. The minimum atomic E-state index is -3.70. The number of rotatable bonds is 7. The maximum atomic E-state index is 13.0. The number of nitrogens with one attached hydrogen (secondary N) is 1. The van der Waals surface area contributed by atoms with Gasteiger partial charge in [-0.1, -0.05) is 77.8 Å². The Bertz CT molecular complexity index is 1180. The third-order valence-corrected chi connectivity index (χ3v) is 6.49. The number of anilines is 1. The zero-order valence-corrected chi connectivity index (χ0v) is 19.2. The summed E-state index contributed by atoms with van der Waals surface area (Å²) in [4.78, 5) is 13.0. The van der Waals surface area contributed by atoms with Gasteiger partial charge in [0.15, 0.2) is 0 Å². The number of sulfonamides is 1. The SMILES string of the molecule is Cc1cccc(C(NC(=O)CN(c2ccc(C)c(Cl)c2)S(C)(=O)=O)c2ccccc2)c1. The lowest BCUT2D eigenvalue weighted by molar-refractivity contribution is -0.120. The Labute approximate surface area is 188 Å². The molecule has 0 bridgehead atoms. The van der Waals surface area contributed by atoms with Crippen molar-refractivity contribution in [3.8, 4) is 0 Å². The number of benzene rings is 3. The first-order chi connectivity index (χ1) is 14.6. The lowest BCUT2D eigenvalue weighted by atomic mass is 9.97. The van der Waals surface area contributed by atoms with E-state index in [0.29, 0.717) is 10.7 Å². The summed E-state index contributed by atoms with van der Waals surface area (Å²) in [5.74, 6) is -0.419. The summed E-state index contributed by atoms with van der Waals surface area (Å²) in [5.41, 5.74) is 4.07. The van der Waals surface area contributed by atoms with Gasteiger partial charge in [0, 0.05) is 5.02 Å². The fourth-order valence-electron chi connectivity index (χ4n) is 3.33. The third-order valence-electron chi connectivity index (χ3n) is 4.94. The van der Waals surface area contributed by atoms with Gasteiger partial charge in [0.2, 0.25) is 15.9 Å². The molecule has 3 rings (SSSR count). The lowest BCUT2D eigenvalue weighted by Gasteiger charge is -2.25. The number of nitrogens with zero attached hydrogens (tertiary/aromatic N) is 1. The second-order valence-electron chi connectivity index (χ2n) is 7.53. The highest BCUT2D eigenvalue weighted by molar-refractivity contribution is 7.92. The average Bonchev–Trinajstić information content (AvgIpc) is 2.72. The third kappa shape index (κ3) is 5.87. The van der Waals surface area contributed by atoms with Gasteiger partial charge in [0.05, 0.1) is 18.0 Å². The molecule has 3 aromatic carbocycles. The molecule has 0 spiro atoms. The van der Waals surface area contributed by atoms with Gasteiger partial charge < -0.3 is 5.32 Å². The summed E-state index contributed by atoms with van der Waals surface area (Å²) in [7, 11) is -3.70. The van der Waals surface area contributed by atoms with Crippen molar-refractivity contribution in [2.24, 2.45) is 0 Å². The fraction of sp³-hybridized carbons (Fsp3) is 0.208. The number of aryl methyl sites for hydroxylation is 2. The number of carbonyl (C=O) groups is 1. The van der Waals surface area contributed by atoms with Crippen molar-refractivity contribution < 1.29 is 13.2 Å². The Morgan fingerprint density at radius 1 is 0.968 bits per heavy atom. The molecule has 0 fully saturated rings. The van der Waals surface area contributed by atoms with Crippen LogP contribution in [0.25, 0.3) is 0 Å². The van der Waals surface area contributed by atoms with Crippen LogP contribution < -0.4 is 9.62 Å². The zero-order valence-electron chi connectivity index (χ0n) is 17.7. The van der Waals surface area contributed by atoms with Crippen molar-refractivity contribution >= 4 is 33.2 Å². The molecule has 1 atom stereocenters. The summed E-state index contributed by atoms with van der Waals surface area (Å²) in [5, 5.41) is 3.44. The van der Waals surface area contributed by atoms with Crippen molar-refractivity contribution in [2.45, 2.75) is 19.9 Å². The Morgan fingerprint density at radius 2 is 1.65 bits per heavy atom. The van der Waals surface area contributed by atoms with E-state index in [9.17, 15) is 13.2 Å². The summed E-state index contributed by atoms with van der Waals surface area (Å²) >= 11 is 6.18. The first-order valence-corrected chi connectivity index (χ1v) is 12.0. The van der Waals surface area contributed by atoms with Gasteiger partial charge in [0.1, 0.15) is 6.54 Å². The number of halogens is 1. The molecule has 0 heterocycles. The minimum absolute atomic E-state index is 0.347. The van der Waals surface area contributed by atoms with Crippen molar-refractivity contribution in [3.05, 3.63) is 100 Å². The van der Waals surface area contributed by atoms with E-state index >= 15 is 0 Å². The van der Waals surface area contributed by atoms with Crippen LogP contribution in [0.1, 0.15) is 28.3 Å². The smallest absolute Gasteiger partial charge is 0.241 e. The molecule has 0 saturated carbocycles. The van der Waals surface area contributed by atoms with Gasteiger partial charge >= 0.3 is 0 Å². The molecule has 1 N–H and O–H groups in total. The monoisotopic (exact) mass is 456 g/mol. The van der Waals surface area contributed by atoms with Crippen LogP contribution in [0.4, 0.5) is 5.69 Å². The van der Waals surface area contributed by atoms with Crippen LogP contribution >= 0.6 is 11.6 Å². The van der Waals surface area contributed by atoms with Crippen LogP contribution in [0.3, 0.4) is 0 Å². The normalized spacial score (nSPS) is 12.3. The number of hydrogen-bond acceptors (Lipinski definition) is 3. The minimum Gasteiger partial charge on any atom is -0.344 e. The Kier molecular flexibility index (Phi) is 7.03. The van der Waals surface area contributed by atoms with E-state index in [1.165, 1.54) is 0 Å². The second kappa shape index (κ2) is 9.54. The highest BCUT2D eigenvalue weighted by Crippen LogP contribution is 2.26. The maximum Gasteiger partial charge on any atom is 0.241 e. The molecule has 0 radical (unpaired) electrons. The summed E-state index contributed by atoms with van der Waals surface area (Å²) in [6, 6.07) is 22.0. The van der Waals surface area contributed by atoms with Gasteiger partial charge in [-0.3, -0.25) is 9.10 Å². The second-order valence-corrected chi connectivity index (χ2v) is 9.84. The van der Waals surface area contributed by atoms with E-state index in [4.69, 9.17) is 11.6 Å². The molecule has 31 heavy (non-hydrogen) atoms. The highest BCUT2D eigenvalue weighted by Gasteiger charge is 2.24. The van der Waals surface area contributed by atoms with Crippen LogP contribution in [0.2, 0.25) is 5.02 Å². The van der Waals surface area contributed by atoms with E-state index in [1.54, 1.807) is 18.2 Å². The van der Waals surface area contributed by atoms with E-state index in [-0.39, 0.29) is 6.54 Å². The van der Waals surface area contributed by atoms with Gasteiger partial charge in [-0.05, 0) is 42.7 Å². The maximum absolute atomic E-state index is 13.0. The van der Waals surface area contributed by atoms with Crippen molar-refractivity contribution in [1.82, 2.24) is 5.32 Å². The van der Waals surface area contributed by atoms with Crippen LogP contribution in [0.15, 0.2) is 72.8 Å². The molecular formula is C24H25ClN2O3S. The molecule has 1 amide bonds. The molecule has 7 heteroatoms. The van der Waals surface area contributed by atoms with Gasteiger partial charge in [0.25, 0.3) is 0 Å². The lowest BCUT2D eigenvalue weighted by Crippen LogP contribution is -2.41. The largest absolute Gasteiger partial charge is 0.344 e. The average molecular weight is 457 g/mol.